The van der Waals surface area contributed by atoms with Gasteiger partial charge in [-0.15, -0.1) is 0 Å². The Labute approximate surface area is 155 Å². The smallest absolute Gasteiger partial charge is 0.244 e. The monoisotopic (exact) mass is 382 g/mol. The lowest BCUT2D eigenvalue weighted by atomic mass is 10.1. The van der Waals surface area contributed by atoms with Gasteiger partial charge in [-0.1, -0.05) is 35.3 Å². The van der Waals surface area contributed by atoms with Gasteiger partial charge >= 0.3 is 0 Å². The zero-order valence-corrected chi connectivity index (χ0v) is 15.1. The zero-order valence-electron chi connectivity index (χ0n) is 13.6. The number of benzene rings is 2. The molecule has 4 nitrogen and oxygen atoms in total. The van der Waals surface area contributed by atoms with E-state index in [1.54, 1.807) is 30.3 Å². The fraction of sp³-hybridized carbons (Fsp3) is 0.222. The molecular formula is C18H17Cl2FN2O2. The maximum absolute atomic E-state index is 12.9. The van der Waals surface area contributed by atoms with E-state index in [2.05, 4.69) is 5.32 Å². The number of hydrogen-bond donors (Lipinski definition) is 1. The average molecular weight is 383 g/mol. The molecule has 2 aromatic rings. The summed E-state index contributed by atoms with van der Waals surface area (Å²) in [6, 6.07) is 10.8. The van der Waals surface area contributed by atoms with Crippen molar-refractivity contribution in [3.05, 3.63) is 63.9 Å². The van der Waals surface area contributed by atoms with Gasteiger partial charge in [0.2, 0.25) is 11.8 Å². The maximum Gasteiger partial charge on any atom is 0.244 e. The minimum atomic E-state index is -0.376. The van der Waals surface area contributed by atoms with E-state index in [1.165, 1.54) is 24.0 Å². The van der Waals surface area contributed by atoms with Crippen molar-refractivity contribution in [2.24, 2.45) is 0 Å². The summed E-state index contributed by atoms with van der Waals surface area (Å²) in [5, 5.41) is 3.45. The second kappa shape index (κ2) is 8.83. The fourth-order valence-corrected chi connectivity index (χ4v) is 2.56. The molecule has 0 unspecified atom stereocenters. The fourth-order valence-electron chi connectivity index (χ4n) is 2.22. The molecule has 0 saturated carbocycles. The van der Waals surface area contributed by atoms with Crippen LogP contribution in [0.5, 0.6) is 0 Å². The van der Waals surface area contributed by atoms with Crippen molar-refractivity contribution in [1.29, 1.82) is 0 Å². The SMILES string of the molecule is CC(=O)N(CCc1ccc(F)cc1)CC(=O)Nc1cc(Cl)ccc1Cl. The molecule has 2 aromatic carbocycles. The molecule has 0 aromatic heterocycles. The third-order valence-corrected chi connectivity index (χ3v) is 4.13. The molecule has 7 heteroatoms. The van der Waals surface area contributed by atoms with Crippen LogP contribution in [0.1, 0.15) is 12.5 Å². The Morgan fingerprint density at radius 1 is 1.12 bits per heavy atom. The number of halogens is 3. The number of amides is 2. The van der Waals surface area contributed by atoms with Crippen molar-refractivity contribution in [1.82, 2.24) is 4.90 Å². The molecule has 0 aliphatic carbocycles. The standard InChI is InChI=1S/C18H17Cl2FN2O2/c1-12(24)23(9-8-13-2-5-15(21)6-3-13)11-18(25)22-17-10-14(19)4-7-16(17)20/h2-7,10H,8-9,11H2,1H3,(H,22,25). The first kappa shape index (κ1) is 19.2. The molecule has 2 amide bonds. The molecule has 132 valence electrons. The normalized spacial score (nSPS) is 10.4. The van der Waals surface area contributed by atoms with Gasteiger partial charge in [-0.3, -0.25) is 9.59 Å². The predicted octanol–water partition coefficient (Wildman–Crippen LogP) is 4.16. The number of rotatable bonds is 6. The van der Waals surface area contributed by atoms with E-state index in [0.717, 1.165) is 5.56 Å². The number of nitrogens with zero attached hydrogens (tertiary/aromatic N) is 1. The summed E-state index contributed by atoms with van der Waals surface area (Å²) in [5.41, 5.74) is 1.27. The van der Waals surface area contributed by atoms with E-state index in [0.29, 0.717) is 28.7 Å². The van der Waals surface area contributed by atoms with Crippen LogP contribution in [0.3, 0.4) is 0 Å². The molecule has 0 aliphatic heterocycles. The summed E-state index contributed by atoms with van der Waals surface area (Å²) in [7, 11) is 0. The van der Waals surface area contributed by atoms with Crippen LogP contribution < -0.4 is 5.32 Å². The van der Waals surface area contributed by atoms with Gasteiger partial charge in [0, 0.05) is 18.5 Å². The minimum Gasteiger partial charge on any atom is -0.333 e. The van der Waals surface area contributed by atoms with E-state index >= 15 is 0 Å². The van der Waals surface area contributed by atoms with E-state index in [4.69, 9.17) is 23.2 Å². The van der Waals surface area contributed by atoms with Gasteiger partial charge in [0.05, 0.1) is 17.3 Å². The number of nitrogens with one attached hydrogen (secondary N) is 1. The first-order valence-electron chi connectivity index (χ1n) is 7.60. The summed E-state index contributed by atoms with van der Waals surface area (Å²) >= 11 is 11.9. The van der Waals surface area contributed by atoms with Crippen LogP contribution in [0.15, 0.2) is 42.5 Å². The largest absolute Gasteiger partial charge is 0.333 e. The highest BCUT2D eigenvalue weighted by molar-refractivity contribution is 6.35. The Balaban J connectivity index is 1.95. The van der Waals surface area contributed by atoms with E-state index < -0.39 is 0 Å². The Hall–Kier alpha value is -2.11. The van der Waals surface area contributed by atoms with Crippen LogP contribution in [0.4, 0.5) is 10.1 Å². The minimum absolute atomic E-state index is 0.112. The Morgan fingerprint density at radius 2 is 1.80 bits per heavy atom. The van der Waals surface area contributed by atoms with Gasteiger partial charge in [-0.25, -0.2) is 4.39 Å². The van der Waals surface area contributed by atoms with Gasteiger partial charge in [0.1, 0.15) is 5.82 Å². The summed E-state index contributed by atoms with van der Waals surface area (Å²) in [6.07, 6.45) is 0.519. The van der Waals surface area contributed by atoms with E-state index in [1.807, 2.05) is 0 Å². The average Bonchev–Trinajstić information content (AvgIpc) is 2.56. The van der Waals surface area contributed by atoms with Crippen molar-refractivity contribution in [3.63, 3.8) is 0 Å². The highest BCUT2D eigenvalue weighted by Crippen LogP contribution is 2.25. The number of carbonyl (C=O) groups excluding carboxylic acids is 2. The lowest BCUT2D eigenvalue weighted by Crippen LogP contribution is -2.38. The summed E-state index contributed by atoms with van der Waals surface area (Å²) in [6.45, 7) is 1.63. The molecule has 0 atom stereocenters. The van der Waals surface area contributed by atoms with Crippen molar-refractivity contribution in [2.75, 3.05) is 18.4 Å². The molecule has 0 spiro atoms. The van der Waals surface area contributed by atoms with E-state index in [-0.39, 0.29) is 24.2 Å². The Morgan fingerprint density at radius 3 is 2.44 bits per heavy atom. The first-order valence-corrected chi connectivity index (χ1v) is 8.35. The van der Waals surface area contributed by atoms with E-state index in [9.17, 15) is 14.0 Å². The molecule has 0 bridgehead atoms. The van der Waals surface area contributed by atoms with Crippen molar-refractivity contribution in [2.45, 2.75) is 13.3 Å². The second-order valence-electron chi connectivity index (χ2n) is 5.49. The quantitative estimate of drug-likeness (QED) is 0.814. The van der Waals surface area contributed by atoms with Crippen molar-refractivity contribution < 1.29 is 14.0 Å². The number of anilines is 1. The van der Waals surface area contributed by atoms with Gasteiger partial charge in [0.15, 0.2) is 0 Å². The zero-order chi connectivity index (χ0) is 18.4. The van der Waals surface area contributed by atoms with Crippen molar-refractivity contribution >= 4 is 40.7 Å². The van der Waals surface area contributed by atoms with Gasteiger partial charge < -0.3 is 10.2 Å². The van der Waals surface area contributed by atoms with Crippen LogP contribution in [0.2, 0.25) is 10.0 Å². The van der Waals surface area contributed by atoms with Gasteiger partial charge in [0.25, 0.3) is 0 Å². The molecule has 25 heavy (non-hydrogen) atoms. The third-order valence-electron chi connectivity index (χ3n) is 3.57. The topological polar surface area (TPSA) is 49.4 Å². The van der Waals surface area contributed by atoms with Crippen LogP contribution in [0.25, 0.3) is 0 Å². The second-order valence-corrected chi connectivity index (χ2v) is 6.33. The number of carbonyl (C=O) groups is 2. The lowest BCUT2D eigenvalue weighted by Gasteiger charge is -2.21. The van der Waals surface area contributed by atoms with Crippen LogP contribution >= 0.6 is 23.2 Å². The van der Waals surface area contributed by atoms with Crippen LogP contribution in [-0.4, -0.2) is 29.8 Å². The molecule has 0 fully saturated rings. The predicted molar refractivity (Wildman–Crippen MR) is 97.4 cm³/mol. The maximum atomic E-state index is 12.9. The molecule has 0 radical (unpaired) electrons. The number of hydrogen-bond acceptors (Lipinski definition) is 2. The Bertz CT molecular complexity index is 766. The lowest BCUT2D eigenvalue weighted by molar-refractivity contribution is -0.132. The highest BCUT2D eigenvalue weighted by Gasteiger charge is 2.15. The summed E-state index contributed by atoms with van der Waals surface area (Å²) in [4.78, 5) is 25.4. The molecule has 0 aliphatic rings. The Kier molecular flexibility index (Phi) is 6.79. The third kappa shape index (κ3) is 6.03. The van der Waals surface area contributed by atoms with Crippen molar-refractivity contribution in [3.8, 4) is 0 Å². The molecule has 0 saturated heterocycles. The molecular weight excluding hydrogens is 366 g/mol. The van der Waals surface area contributed by atoms with Gasteiger partial charge in [-0.05, 0) is 42.3 Å². The molecule has 0 heterocycles. The molecule has 1 N–H and O–H groups in total. The van der Waals surface area contributed by atoms with Gasteiger partial charge in [-0.2, -0.15) is 0 Å². The highest BCUT2D eigenvalue weighted by atomic mass is 35.5. The summed E-state index contributed by atoms with van der Waals surface area (Å²) in [5.74, 6) is -0.919. The molecule has 2 rings (SSSR count). The summed E-state index contributed by atoms with van der Waals surface area (Å²) < 4.78 is 12.9. The van der Waals surface area contributed by atoms with Crippen LogP contribution in [0, 0.1) is 5.82 Å². The first-order chi connectivity index (χ1) is 11.8. The van der Waals surface area contributed by atoms with Crippen LogP contribution in [-0.2, 0) is 16.0 Å².